The standard InChI is InChI=1S/C12H13Cl2N3/c1-7-5-11(17-16-7)9(6-15)8-3-2-4-10(13)12(8)14/h2-5,9H,6,15H2,1H3,(H,16,17). The van der Waals surface area contributed by atoms with Gasteiger partial charge in [-0.05, 0) is 24.6 Å². The van der Waals surface area contributed by atoms with Gasteiger partial charge in [-0.25, -0.2) is 0 Å². The van der Waals surface area contributed by atoms with Crippen molar-refractivity contribution in [1.82, 2.24) is 10.2 Å². The van der Waals surface area contributed by atoms with E-state index in [4.69, 9.17) is 28.9 Å². The van der Waals surface area contributed by atoms with Crippen LogP contribution in [0, 0.1) is 6.92 Å². The first-order valence-electron chi connectivity index (χ1n) is 5.29. The zero-order valence-corrected chi connectivity index (χ0v) is 10.9. The fourth-order valence-corrected chi connectivity index (χ4v) is 2.25. The first-order chi connectivity index (χ1) is 8.13. The zero-order chi connectivity index (χ0) is 12.4. The number of hydrogen-bond acceptors (Lipinski definition) is 2. The Labute approximate surface area is 110 Å². The summed E-state index contributed by atoms with van der Waals surface area (Å²) < 4.78 is 0. The Morgan fingerprint density at radius 3 is 2.76 bits per heavy atom. The maximum atomic E-state index is 6.20. The van der Waals surface area contributed by atoms with Gasteiger partial charge in [0.2, 0.25) is 0 Å². The Morgan fingerprint density at radius 2 is 2.18 bits per heavy atom. The molecule has 0 saturated heterocycles. The number of nitrogens with one attached hydrogen (secondary N) is 1. The van der Waals surface area contributed by atoms with Gasteiger partial charge in [0.1, 0.15) is 0 Å². The Bertz CT molecular complexity index is 522. The molecule has 1 aromatic carbocycles. The second kappa shape index (κ2) is 5.08. The SMILES string of the molecule is Cc1cc(C(CN)c2cccc(Cl)c2Cl)n[nH]1. The van der Waals surface area contributed by atoms with E-state index < -0.39 is 0 Å². The predicted molar refractivity (Wildman–Crippen MR) is 70.7 cm³/mol. The zero-order valence-electron chi connectivity index (χ0n) is 9.37. The lowest BCUT2D eigenvalue weighted by atomic mass is 9.95. The smallest absolute Gasteiger partial charge is 0.0712 e. The largest absolute Gasteiger partial charge is 0.329 e. The molecule has 2 rings (SSSR count). The van der Waals surface area contributed by atoms with Gasteiger partial charge in [-0.15, -0.1) is 0 Å². The lowest BCUT2D eigenvalue weighted by molar-refractivity contribution is 0.779. The molecule has 1 atom stereocenters. The molecule has 0 spiro atoms. The van der Waals surface area contributed by atoms with Crippen LogP contribution in [-0.2, 0) is 0 Å². The van der Waals surface area contributed by atoms with E-state index in [2.05, 4.69) is 10.2 Å². The maximum absolute atomic E-state index is 6.20. The van der Waals surface area contributed by atoms with Gasteiger partial charge in [0, 0.05) is 18.2 Å². The lowest BCUT2D eigenvalue weighted by Gasteiger charge is -2.14. The summed E-state index contributed by atoms with van der Waals surface area (Å²) in [6.07, 6.45) is 0. The van der Waals surface area contributed by atoms with Crippen molar-refractivity contribution in [2.24, 2.45) is 5.73 Å². The highest BCUT2D eigenvalue weighted by Crippen LogP contribution is 2.33. The van der Waals surface area contributed by atoms with E-state index in [0.717, 1.165) is 17.0 Å². The lowest BCUT2D eigenvalue weighted by Crippen LogP contribution is -2.14. The summed E-state index contributed by atoms with van der Waals surface area (Å²) in [6, 6.07) is 7.52. The Kier molecular flexibility index (Phi) is 3.72. The molecular formula is C12H13Cl2N3. The van der Waals surface area contributed by atoms with Gasteiger partial charge in [0.25, 0.3) is 0 Å². The molecule has 0 aliphatic carbocycles. The molecule has 0 bridgehead atoms. The third-order valence-corrected chi connectivity index (χ3v) is 3.51. The molecule has 1 heterocycles. The number of nitrogens with two attached hydrogens (primary N) is 1. The molecule has 0 aliphatic heterocycles. The molecule has 0 radical (unpaired) electrons. The minimum atomic E-state index is -0.0360. The van der Waals surface area contributed by atoms with Crippen molar-refractivity contribution < 1.29 is 0 Å². The number of rotatable bonds is 3. The van der Waals surface area contributed by atoms with Crippen LogP contribution in [0.3, 0.4) is 0 Å². The average Bonchev–Trinajstić information content (AvgIpc) is 2.72. The summed E-state index contributed by atoms with van der Waals surface area (Å²) in [7, 11) is 0. The van der Waals surface area contributed by atoms with E-state index in [1.165, 1.54) is 0 Å². The van der Waals surface area contributed by atoms with E-state index in [0.29, 0.717) is 16.6 Å². The number of benzene rings is 1. The molecule has 90 valence electrons. The highest BCUT2D eigenvalue weighted by molar-refractivity contribution is 6.42. The summed E-state index contributed by atoms with van der Waals surface area (Å²) in [6.45, 7) is 2.38. The van der Waals surface area contributed by atoms with Crippen molar-refractivity contribution >= 4 is 23.2 Å². The maximum Gasteiger partial charge on any atom is 0.0712 e. The third kappa shape index (κ3) is 2.46. The normalized spacial score (nSPS) is 12.7. The molecule has 17 heavy (non-hydrogen) atoms. The van der Waals surface area contributed by atoms with Crippen LogP contribution in [-0.4, -0.2) is 16.7 Å². The molecule has 3 N–H and O–H groups in total. The van der Waals surface area contributed by atoms with E-state index in [1.54, 1.807) is 6.07 Å². The number of nitrogens with zero attached hydrogens (tertiary/aromatic N) is 1. The van der Waals surface area contributed by atoms with Crippen LogP contribution >= 0.6 is 23.2 Å². The van der Waals surface area contributed by atoms with Crippen LogP contribution in [0.2, 0.25) is 10.0 Å². The van der Waals surface area contributed by atoms with Crippen LogP contribution in [0.5, 0.6) is 0 Å². The van der Waals surface area contributed by atoms with Crippen LogP contribution < -0.4 is 5.73 Å². The summed E-state index contributed by atoms with van der Waals surface area (Å²) in [5.41, 5.74) is 8.60. The van der Waals surface area contributed by atoms with Gasteiger partial charge < -0.3 is 5.73 Å². The number of halogens is 2. The van der Waals surface area contributed by atoms with Gasteiger partial charge in [0.05, 0.1) is 15.7 Å². The van der Waals surface area contributed by atoms with Crippen molar-refractivity contribution in [2.45, 2.75) is 12.8 Å². The second-order valence-corrected chi connectivity index (χ2v) is 4.69. The van der Waals surface area contributed by atoms with E-state index in [9.17, 15) is 0 Å². The molecular weight excluding hydrogens is 257 g/mol. The predicted octanol–water partition coefficient (Wildman–Crippen LogP) is 3.12. The van der Waals surface area contributed by atoms with Gasteiger partial charge in [-0.1, -0.05) is 35.3 Å². The van der Waals surface area contributed by atoms with E-state index in [1.807, 2.05) is 25.1 Å². The topological polar surface area (TPSA) is 54.7 Å². The first kappa shape index (κ1) is 12.4. The number of H-pyrrole nitrogens is 1. The molecule has 0 fully saturated rings. The number of aromatic amines is 1. The van der Waals surface area contributed by atoms with Crippen molar-refractivity contribution in [2.75, 3.05) is 6.54 Å². The Morgan fingerprint density at radius 1 is 1.41 bits per heavy atom. The van der Waals surface area contributed by atoms with E-state index >= 15 is 0 Å². The fourth-order valence-electron chi connectivity index (χ4n) is 1.81. The van der Waals surface area contributed by atoms with Gasteiger partial charge in [-0.3, -0.25) is 5.10 Å². The summed E-state index contributed by atoms with van der Waals surface area (Å²) in [4.78, 5) is 0. The van der Waals surface area contributed by atoms with Crippen LogP contribution in [0.4, 0.5) is 0 Å². The van der Waals surface area contributed by atoms with Crippen LogP contribution in [0.15, 0.2) is 24.3 Å². The average molecular weight is 270 g/mol. The van der Waals surface area contributed by atoms with Gasteiger partial charge in [0.15, 0.2) is 0 Å². The first-order valence-corrected chi connectivity index (χ1v) is 6.05. The number of aryl methyl sites for hydroxylation is 1. The fraction of sp³-hybridized carbons (Fsp3) is 0.250. The van der Waals surface area contributed by atoms with Gasteiger partial charge >= 0.3 is 0 Å². The van der Waals surface area contributed by atoms with Crippen molar-refractivity contribution in [3.63, 3.8) is 0 Å². The molecule has 1 aromatic heterocycles. The minimum absolute atomic E-state index is 0.0360. The number of hydrogen-bond donors (Lipinski definition) is 2. The molecule has 2 aromatic rings. The Hall–Kier alpha value is -1.03. The monoisotopic (exact) mass is 269 g/mol. The van der Waals surface area contributed by atoms with E-state index in [-0.39, 0.29) is 5.92 Å². The van der Waals surface area contributed by atoms with Gasteiger partial charge in [-0.2, -0.15) is 5.10 Å². The summed E-state index contributed by atoms with van der Waals surface area (Å²) in [5, 5.41) is 8.22. The summed E-state index contributed by atoms with van der Waals surface area (Å²) >= 11 is 12.2. The van der Waals surface area contributed by atoms with Crippen LogP contribution in [0.25, 0.3) is 0 Å². The third-order valence-electron chi connectivity index (χ3n) is 2.68. The van der Waals surface area contributed by atoms with Crippen molar-refractivity contribution in [1.29, 1.82) is 0 Å². The number of aromatic nitrogens is 2. The second-order valence-electron chi connectivity index (χ2n) is 3.91. The quantitative estimate of drug-likeness (QED) is 0.900. The molecule has 0 amide bonds. The molecule has 5 heteroatoms. The van der Waals surface area contributed by atoms with Crippen molar-refractivity contribution in [3.8, 4) is 0 Å². The van der Waals surface area contributed by atoms with Crippen molar-refractivity contribution in [3.05, 3.63) is 51.3 Å². The van der Waals surface area contributed by atoms with Crippen LogP contribution in [0.1, 0.15) is 22.9 Å². The highest BCUT2D eigenvalue weighted by Gasteiger charge is 2.19. The molecule has 1 unspecified atom stereocenters. The summed E-state index contributed by atoms with van der Waals surface area (Å²) in [5.74, 6) is -0.0360. The highest BCUT2D eigenvalue weighted by atomic mass is 35.5. The Balaban J connectivity index is 2.45. The molecule has 3 nitrogen and oxygen atoms in total. The minimum Gasteiger partial charge on any atom is -0.329 e. The molecule has 0 saturated carbocycles. The molecule has 0 aliphatic rings.